The number of benzene rings is 1. The summed E-state index contributed by atoms with van der Waals surface area (Å²) in [5.74, 6) is -3.86. The maximum Gasteiger partial charge on any atom is 0.328 e. The fourth-order valence-corrected chi connectivity index (χ4v) is 9.14. The summed E-state index contributed by atoms with van der Waals surface area (Å²) in [5, 5.41) is 61.2. The molecule has 0 spiro atoms. The number of nitrogens with one attached hydrogen (secondary N) is 2. The first kappa shape index (κ1) is 48.8. The van der Waals surface area contributed by atoms with Crippen molar-refractivity contribution in [3.63, 3.8) is 0 Å². The third-order valence-corrected chi connectivity index (χ3v) is 12.9. The maximum absolute atomic E-state index is 13.6. The zero-order valence-corrected chi connectivity index (χ0v) is 35.8. The van der Waals surface area contributed by atoms with E-state index in [0.29, 0.717) is 6.42 Å². The Kier molecular flexibility index (Phi) is 17.3. The van der Waals surface area contributed by atoms with E-state index in [-0.39, 0.29) is 61.9 Å². The van der Waals surface area contributed by atoms with Crippen molar-refractivity contribution in [2.75, 3.05) is 33.7 Å². The van der Waals surface area contributed by atoms with Gasteiger partial charge < -0.3 is 50.0 Å². The first-order valence-corrected chi connectivity index (χ1v) is 21.3. The number of rotatable bonds is 10. The summed E-state index contributed by atoms with van der Waals surface area (Å²) >= 11 is 0. The molecule has 2 amide bonds. The van der Waals surface area contributed by atoms with Crippen LogP contribution in [0.15, 0.2) is 29.2 Å². The second kappa shape index (κ2) is 20.2. The number of carbonyl (C=O) groups excluding carboxylic acids is 2. The molecule has 328 valence electrons. The molecule has 0 saturated carbocycles. The SMILES string of the molecule is CC[C@H]1OC(=O)[C@@H](C)[C@@H](O)[C@@H](C)[C@@H](O[C@H]2O[C@@H](C)C[C@H](N(C)C)[C@@H]2O)[C@](C)(O)C[C@@H](C)CN(CCCNC(=O)NS(=O)(=O)c2ccc(F)cc2)[C@H](C)[C@@H](O)[C@]1(C)O. The standard InChI is InChI=1S/C39H67FN4O12S/c1-11-30-39(8,51)33(47)26(6)44(18-12-17-41-37(49)42-57(52,53)28-15-13-27(40)14-16-28)21-22(2)20-38(7,50)34(24(4)31(45)25(5)35(48)55-30)56-36-32(46)29(43(9)10)19-23(3)54-36/h13-16,22-26,29-34,36,45-47,50-51H,11-12,17-21H2,1-10H3,(H2,41,42,49)/t22-,23+,24-,25+,26-,29+,30-,31+,32+,33-,34-,36-,38-,39-/m1/s1. The third kappa shape index (κ3) is 12.5. The summed E-state index contributed by atoms with van der Waals surface area (Å²) < 4.78 is 58.7. The van der Waals surface area contributed by atoms with E-state index in [0.717, 1.165) is 24.3 Å². The number of aliphatic hydroxyl groups is 5. The highest BCUT2D eigenvalue weighted by Crippen LogP contribution is 2.37. The van der Waals surface area contributed by atoms with Gasteiger partial charge in [0.15, 0.2) is 6.29 Å². The number of esters is 1. The Labute approximate surface area is 337 Å². The number of carbonyl (C=O) groups is 2. The molecule has 2 aliphatic rings. The molecule has 0 radical (unpaired) electrons. The van der Waals surface area contributed by atoms with Gasteiger partial charge in [0.2, 0.25) is 0 Å². The van der Waals surface area contributed by atoms with Crippen molar-refractivity contribution in [1.29, 1.82) is 0 Å². The summed E-state index contributed by atoms with van der Waals surface area (Å²) in [4.78, 5) is 29.6. The first-order valence-electron chi connectivity index (χ1n) is 19.8. The van der Waals surface area contributed by atoms with Crippen molar-refractivity contribution in [3.8, 4) is 0 Å². The van der Waals surface area contributed by atoms with E-state index in [1.54, 1.807) is 27.7 Å². The minimum absolute atomic E-state index is 0.00105. The average molecular weight is 835 g/mol. The van der Waals surface area contributed by atoms with Crippen LogP contribution in [0.4, 0.5) is 9.18 Å². The molecule has 57 heavy (non-hydrogen) atoms. The number of cyclic esters (lactones) is 1. The van der Waals surface area contributed by atoms with Crippen molar-refractivity contribution in [2.45, 2.75) is 152 Å². The Hall–Kier alpha value is -2.52. The molecule has 1 aromatic carbocycles. The van der Waals surface area contributed by atoms with Gasteiger partial charge in [-0.3, -0.25) is 9.69 Å². The Morgan fingerprint density at radius 1 is 1.05 bits per heavy atom. The Morgan fingerprint density at radius 3 is 2.25 bits per heavy atom. The average Bonchev–Trinajstić information content (AvgIpc) is 3.12. The molecule has 7 N–H and O–H groups in total. The van der Waals surface area contributed by atoms with Crippen LogP contribution in [0.3, 0.4) is 0 Å². The number of ether oxygens (including phenoxy) is 3. The fraction of sp³-hybridized carbons (Fsp3) is 0.795. The molecule has 2 saturated heterocycles. The zero-order valence-electron chi connectivity index (χ0n) is 35.0. The third-order valence-electron chi connectivity index (χ3n) is 11.5. The van der Waals surface area contributed by atoms with Crippen LogP contribution in [-0.2, 0) is 29.0 Å². The number of hydrogen-bond acceptors (Lipinski definition) is 14. The van der Waals surface area contributed by atoms with E-state index >= 15 is 0 Å². The van der Waals surface area contributed by atoms with Crippen molar-refractivity contribution in [3.05, 3.63) is 30.1 Å². The lowest BCUT2D eigenvalue weighted by Crippen LogP contribution is -2.59. The number of urea groups is 1. The van der Waals surface area contributed by atoms with Crippen LogP contribution in [0.25, 0.3) is 0 Å². The van der Waals surface area contributed by atoms with Gasteiger partial charge in [0.1, 0.15) is 29.7 Å². The van der Waals surface area contributed by atoms with E-state index < -0.39 is 93.7 Å². The Morgan fingerprint density at radius 2 is 1.67 bits per heavy atom. The minimum atomic E-state index is -4.27. The molecule has 0 aliphatic carbocycles. The number of amides is 2. The molecular weight excluding hydrogens is 768 g/mol. The number of likely N-dealkylation sites (N-methyl/N-ethyl adjacent to an activating group) is 1. The van der Waals surface area contributed by atoms with Crippen LogP contribution in [0, 0.1) is 23.6 Å². The van der Waals surface area contributed by atoms with Gasteiger partial charge in [0, 0.05) is 37.6 Å². The van der Waals surface area contributed by atoms with Crippen molar-refractivity contribution < 1.29 is 62.1 Å². The summed E-state index contributed by atoms with van der Waals surface area (Å²) in [5.41, 5.74) is -3.64. The quantitative estimate of drug-likeness (QED) is 0.131. The highest BCUT2D eigenvalue weighted by atomic mass is 32.2. The zero-order chi connectivity index (χ0) is 43.2. The highest BCUT2D eigenvalue weighted by Gasteiger charge is 2.50. The van der Waals surface area contributed by atoms with Crippen LogP contribution in [0.1, 0.15) is 81.1 Å². The smallest absolute Gasteiger partial charge is 0.328 e. The lowest BCUT2D eigenvalue weighted by atomic mass is 9.78. The van der Waals surface area contributed by atoms with Crippen molar-refractivity contribution >= 4 is 22.0 Å². The predicted molar refractivity (Wildman–Crippen MR) is 209 cm³/mol. The van der Waals surface area contributed by atoms with Crippen LogP contribution in [0.2, 0.25) is 0 Å². The topological polar surface area (TPSA) is 228 Å². The van der Waals surface area contributed by atoms with Gasteiger partial charge in [-0.25, -0.2) is 22.3 Å². The monoisotopic (exact) mass is 834 g/mol. The lowest BCUT2D eigenvalue weighted by molar-refractivity contribution is -0.299. The van der Waals surface area contributed by atoms with E-state index in [1.165, 1.54) is 13.8 Å². The summed E-state index contributed by atoms with van der Waals surface area (Å²) in [6.07, 6.45) is -6.81. The van der Waals surface area contributed by atoms with Gasteiger partial charge in [-0.05, 0) is 105 Å². The highest BCUT2D eigenvalue weighted by molar-refractivity contribution is 7.90. The summed E-state index contributed by atoms with van der Waals surface area (Å²) in [7, 11) is -0.603. The van der Waals surface area contributed by atoms with E-state index in [9.17, 15) is 47.9 Å². The second-order valence-electron chi connectivity index (χ2n) is 16.8. The number of hydrogen-bond donors (Lipinski definition) is 7. The molecule has 16 nitrogen and oxygen atoms in total. The van der Waals surface area contributed by atoms with Gasteiger partial charge in [0.05, 0.1) is 34.7 Å². The first-order chi connectivity index (χ1) is 26.3. The van der Waals surface area contributed by atoms with E-state index in [2.05, 4.69) is 5.32 Å². The summed E-state index contributed by atoms with van der Waals surface area (Å²) in [6.45, 7) is 13.6. The molecule has 14 atom stereocenters. The molecular formula is C39H67FN4O12S. The van der Waals surface area contributed by atoms with Crippen molar-refractivity contribution in [1.82, 2.24) is 19.8 Å². The maximum atomic E-state index is 13.6. The molecule has 2 heterocycles. The predicted octanol–water partition coefficient (Wildman–Crippen LogP) is 1.56. The Bertz CT molecular complexity index is 1570. The van der Waals surface area contributed by atoms with Crippen molar-refractivity contribution in [2.24, 2.45) is 17.8 Å². The van der Waals surface area contributed by atoms with Crippen LogP contribution in [0.5, 0.6) is 0 Å². The van der Waals surface area contributed by atoms with Crippen LogP contribution >= 0.6 is 0 Å². The van der Waals surface area contributed by atoms with Gasteiger partial charge in [0.25, 0.3) is 10.0 Å². The van der Waals surface area contributed by atoms with E-state index in [1.807, 2.05) is 42.5 Å². The molecule has 0 unspecified atom stereocenters. The van der Waals surface area contributed by atoms with Gasteiger partial charge in [-0.1, -0.05) is 20.8 Å². The molecule has 3 rings (SSSR count). The van der Waals surface area contributed by atoms with Gasteiger partial charge in [-0.2, -0.15) is 0 Å². The fourth-order valence-electron chi connectivity index (χ4n) is 8.21. The van der Waals surface area contributed by atoms with Crippen LogP contribution in [-0.4, -0.2) is 156 Å². The summed E-state index contributed by atoms with van der Waals surface area (Å²) in [6, 6.07) is 1.89. The Balaban J connectivity index is 1.91. The molecule has 0 aromatic heterocycles. The normalized spacial score (nSPS) is 38.2. The van der Waals surface area contributed by atoms with E-state index in [4.69, 9.17) is 14.2 Å². The molecule has 0 bridgehead atoms. The lowest BCUT2D eigenvalue weighted by Gasteiger charge is -2.46. The van der Waals surface area contributed by atoms with Crippen LogP contribution < -0.4 is 10.0 Å². The molecule has 18 heteroatoms. The molecule has 2 fully saturated rings. The van der Waals surface area contributed by atoms with Gasteiger partial charge in [-0.15, -0.1) is 0 Å². The minimum Gasteiger partial charge on any atom is -0.459 e. The largest absolute Gasteiger partial charge is 0.459 e. The second-order valence-corrected chi connectivity index (χ2v) is 18.5. The number of sulfonamides is 1. The molecule has 1 aromatic rings. The number of nitrogens with zero attached hydrogens (tertiary/aromatic N) is 2. The molecule has 2 aliphatic heterocycles. The number of halogens is 1. The van der Waals surface area contributed by atoms with Gasteiger partial charge >= 0.3 is 12.0 Å². The number of aliphatic hydroxyl groups excluding tert-OH is 3.